The van der Waals surface area contributed by atoms with Crippen molar-refractivity contribution >= 4 is 109 Å². The lowest BCUT2D eigenvalue weighted by molar-refractivity contribution is 0.0618. The number of phenols is 1. The van der Waals surface area contributed by atoms with Gasteiger partial charge in [-0.3, -0.25) is 9.59 Å². The van der Waals surface area contributed by atoms with E-state index in [-0.39, 0.29) is 37.6 Å². The first-order chi connectivity index (χ1) is 24.4. The van der Waals surface area contributed by atoms with Gasteiger partial charge in [-0.25, -0.2) is 19.2 Å². The molecule has 266 valence electrons. The molecule has 1 amide bonds. The van der Waals surface area contributed by atoms with Crippen LogP contribution in [0.2, 0.25) is 20.1 Å². The minimum absolute atomic E-state index is 0.0967. The van der Waals surface area contributed by atoms with Crippen molar-refractivity contribution < 1.29 is 53.9 Å². The first kappa shape index (κ1) is 40.8. The maximum Gasteiger partial charge on any atom is 0.371 e. The summed E-state index contributed by atoms with van der Waals surface area (Å²) < 4.78 is 5.04. The fourth-order valence-electron chi connectivity index (χ4n) is 4.09. The zero-order valence-corrected chi connectivity index (χ0v) is 29.9. The number of hydrogen-bond acceptors (Lipinski definition) is 9. The summed E-state index contributed by atoms with van der Waals surface area (Å²) in [5.74, 6) is -8.07. The molecule has 0 spiro atoms. The summed E-state index contributed by atoms with van der Waals surface area (Å²) in [6.07, 6.45) is 0. The summed E-state index contributed by atoms with van der Waals surface area (Å²) in [7, 11) is 0. The lowest BCUT2D eigenvalue weighted by atomic mass is 10.1. The van der Waals surface area contributed by atoms with Crippen molar-refractivity contribution in [1.29, 1.82) is 5.26 Å². The number of aromatic carboxylic acids is 4. The van der Waals surface area contributed by atoms with Crippen LogP contribution in [0.25, 0.3) is 10.8 Å². The number of nitrogens with one attached hydrogen (secondary N) is 1. The standard InChI is InChI=1S/C15H6Cl4N2O3.C11H7BrO3.C7H4O6/c16-10-8(9(15(23)24)11(17)13(19)12(10)18)14(22)21-7-4-2-1-3-6(7)5-20;12-9-5-8(11(14)15)10(13)7-4-2-1-3-6(7)9;8-3-1-4(6(9)10)13-5(2-3)7(11)12/h1-4H,(H,21,22)(H,23,24);1-5,13H,(H,14,15);1-2H,(H,9,10)(H,11,12). The van der Waals surface area contributed by atoms with E-state index >= 15 is 0 Å². The highest BCUT2D eigenvalue weighted by molar-refractivity contribution is 9.10. The number of rotatable bonds is 6. The quantitative estimate of drug-likeness (QED) is 0.0697. The van der Waals surface area contributed by atoms with E-state index in [4.69, 9.17) is 67.0 Å². The number of hydrogen-bond donors (Lipinski definition) is 6. The molecule has 5 aromatic rings. The number of halogens is 5. The molecule has 0 bridgehead atoms. The molecule has 0 aliphatic heterocycles. The largest absolute Gasteiger partial charge is 0.506 e. The molecule has 0 aliphatic carbocycles. The zero-order chi connectivity index (χ0) is 39.0. The molecule has 19 heteroatoms. The van der Waals surface area contributed by atoms with Gasteiger partial charge in [-0.15, -0.1) is 0 Å². The average molecular weight is 855 g/mol. The molecule has 0 radical (unpaired) electrons. The molecule has 6 N–H and O–H groups in total. The Bertz CT molecular complexity index is 2360. The van der Waals surface area contributed by atoms with E-state index in [9.17, 15) is 39.0 Å². The minimum Gasteiger partial charge on any atom is -0.506 e. The Labute approximate surface area is 318 Å². The number of aromatic hydroxyl groups is 1. The highest BCUT2D eigenvalue weighted by Crippen LogP contribution is 2.42. The van der Waals surface area contributed by atoms with Crippen LogP contribution in [0.3, 0.4) is 0 Å². The predicted molar refractivity (Wildman–Crippen MR) is 192 cm³/mol. The maximum absolute atomic E-state index is 12.5. The second-order valence-electron chi connectivity index (χ2n) is 9.66. The molecular formula is C33H17BrCl4N2O12. The average Bonchev–Trinajstić information content (AvgIpc) is 3.10. The summed E-state index contributed by atoms with van der Waals surface area (Å²) in [6, 6.07) is 17.9. The Kier molecular flexibility index (Phi) is 13.8. The number of benzene rings is 4. The first-order valence-corrected chi connectivity index (χ1v) is 15.9. The van der Waals surface area contributed by atoms with Crippen molar-refractivity contribution in [3.8, 4) is 11.8 Å². The molecule has 14 nitrogen and oxygen atoms in total. The maximum atomic E-state index is 12.5. The SMILES string of the molecule is N#Cc1ccccc1NC(=O)c1c(Cl)c(Cl)c(Cl)c(Cl)c1C(=O)O.O=C(O)c1cc(=O)cc(C(=O)O)o1.O=C(O)c1cc(Br)c2ccccc2c1O. The third-order valence-corrected chi connectivity index (χ3v) is 8.85. The predicted octanol–water partition coefficient (Wildman–Crippen LogP) is 8.16. The minimum atomic E-state index is -1.50. The highest BCUT2D eigenvalue weighted by Gasteiger charge is 2.29. The number of amides is 1. The normalized spacial score (nSPS) is 10.1. The van der Waals surface area contributed by atoms with Crippen molar-refractivity contribution in [2.45, 2.75) is 0 Å². The van der Waals surface area contributed by atoms with E-state index in [1.165, 1.54) is 18.2 Å². The fraction of sp³-hybridized carbons (Fsp3) is 0. The summed E-state index contributed by atoms with van der Waals surface area (Å²) in [6.45, 7) is 0. The number of carbonyl (C=O) groups excluding carboxylic acids is 1. The summed E-state index contributed by atoms with van der Waals surface area (Å²) in [5.41, 5.74) is -1.48. The topological polar surface area (TPSA) is 253 Å². The van der Waals surface area contributed by atoms with Gasteiger partial charge < -0.3 is 35.3 Å². The Morgan fingerprint density at radius 3 is 1.69 bits per heavy atom. The van der Waals surface area contributed by atoms with Gasteiger partial charge in [0.05, 0.1) is 42.5 Å². The van der Waals surface area contributed by atoms with Crippen LogP contribution in [-0.2, 0) is 0 Å². The van der Waals surface area contributed by atoms with Gasteiger partial charge in [-0.2, -0.15) is 5.26 Å². The number of carboxylic acids is 4. The van der Waals surface area contributed by atoms with E-state index in [1.807, 2.05) is 18.2 Å². The molecule has 0 saturated carbocycles. The van der Waals surface area contributed by atoms with Crippen LogP contribution >= 0.6 is 62.3 Å². The van der Waals surface area contributed by atoms with Crippen LogP contribution in [0.1, 0.15) is 57.7 Å². The number of nitriles is 1. The van der Waals surface area contributed by atoms with Gasteiger partial charge in [0.1, 0.15) is 17.4 Å². The molecule has 4 aromatic carbocycles. The summed E-state index contributed by atoms with van der Waals surface area (Å²) in [5, 5.41) is 56.2. The lowest BCUT2D eigenvalue weighted by Gasteiger charge is -2.14. The fourth-order valence-corrected chi connectivity index (χ4v) is 5.68. The molecule has 0 aliphatic rings. The van der Waals surface area contributed by atoms with Crippen molar-refractivity contribution in [3.05, 3.63) is 135 Å². The van der Waals surface area contributed by atoms with Crippen LogP contribution in [0.4, 0.5) is 5.69 Å². The van der Waals surface area contributed by atoms with Gasteiger partial charge in [-0.05, 0) is 23.6 Å². The lowest BCUT2D eigenvalue weighted by Crippen LogP contribution is -2.18. The van der Waals surface area contributed by atoms with E-state index in [0.29, 0.717) is 22.0 Å². The van der Waals surface area contributed by atoms with Crippen LogP contribution in [0.5, 0.6) is 5.75 Å². The van der Waals surface area contributed by atoms with Crippen molar-refractivity contribution in [1.82, 2.24) is 0 Å². The number of carbonyl (C=O) groups is 5. The van der Waals surface area contributed by atoms with Gasteiger partial charge in [0, 0.05) is 22.0 Å². The van der Waals surface area contributed by atoms with Gasteiger partial charge in [0.2, 0.25) is 11.5 Å². The van der Waals surface area contributed by atoms with Gasteiger partial charge in [0.25, 0.3) is 5.91 Å². The number of para-hydroxylation sites is 1. The monoisotopic (exact) mass is 852 g/mol. The smallest absolute Gasteiger partial charge is 0.371 e. The van der Waals surface area contributed by atoms with Crippen LogP contribution in [0, 0.1) is 11.3 Å². The highest BCUT2D eigenvalue weighted by atomic mass is 79.9. The van der Waals surface area contributed by atoms with E-state index < -0.39 is 62.9 Å². The molecular weight excluding hydrogens is 838 g/mol. The molecule has 0 unspecified atom stereocenters. The molecule has 1 heterocycles. The Balaban J connectivity index is 0.000000224. The van der Waals surface area contributed by atoms with Crippen molar-refractivity contribution in [3.63, 3.8) is 0 Å². The summed E-state index contributed by atoms with van der Waals surface area (Å²) >= 11 is 26.9. The molecule has 52 heavy (non-hydrogen) atoms. The molecule has 0 atom stereocenters. The Hall–Kier alpha value is -5.63. The first-order valence-electron chi connectivity index (χ1n) is 13.6. The molecule has 0 saturated heterocycles. The molecule has 5 rings (SSSR count). The Morgan fingerprint density at radius 2 is 1.19 bits per heavy atom. The van der Waals surface area contributed by atoms with E-state index in [2.05, 4.69) is 25.7 Å². The van der Waals surface area contributed by atoms with E-state index in [0.717, 1.165) is 5.39 Å². The van der Waals surface area contributed by atoms with Crippen LogP contribution < -0.4 is 10.7 Å². The number of fused-ring (bicyclic) bond motifs is 1. The molecule has 0 fully saturated rings. The van der Waals surface area contributed by atoms with Crippen LogP contribution in [0.15, 0.2) is 80.4 Å². The summed E-state index contributed by atoms with van der Waals surface area (Å²) in [4.78, 5) is 66.2. The molecule has 1 aromatic heterocycles. The third-order valence-electron chi connectivity index (χ3n) is 6.39. The van der Waals surface area contributed by atoms with Crippen molar-refractivity contribution in [2.24, 2.45) is 0 Å². The number of nitrogens with zero attached hydrogens (tertiary/aromatic N) is 1. The second kappa shape index (κ2) is 17.5. The second-order valence-corrected chi connectivity index (χ2v) is 12.0. The van der Waals surface area contributed by atoms with Crippen LogP contribution in [-0.4, -0.2) is 55.3 Å². The number of carboxylic acid groups (broad SMARTS) is 4. The van der Waals surface area contributed by atoms with Gasteiger partial charge in [-0.1, -0.05) is 98.7 Å². The zero-order valence-electron chi connectivity index (χ0n) is 25.3. The third kappa shape index (κ3) is 9.37. The van der Waals surface area contributed by atoms with Gasteiger partial charge >= 0.3 is 23.9 Å². The Morgan fingerprint density at radius 1 is 0.692 bits per heavy atom. The van der Waals surface area contributed by atoms with Gasteiger partial charge in [0.15, 0.2) is 5.43 Å². The number of anilines is 1. The van der Waals surface area contributed by atoms with E-state index in [1.54, 1.807) is 24.3 Å². The van der Waals surface area contributed by atoms with Crippen molar-refractivity contribution in [2.75, 3.05) is 5.32 Å².